The summed E-state index contributed by atoms with van der Waals surface area (Å²) >= 11 is 0. The maximum atomic E-state index is 12.0. The summed E-state index contributed by atoms with van der Waals surface area (Å²) in [6, 6.07) is 6.19. The average molecular weight is 347 g/mol. The normalized spacial score (nSPS) is 18.8. The Morgan fingerprint density at radius 2 is 1.68 bits per heavy atom. The maximum absolute atomic E-state index is 12.0. The Labute approximate surface area is 150 Å². The van der Waals surface area contributed by atoms with Crippen LogP contribution in [0, 0.1) is 0 Å². The smallest absolute Gasteiger partial charge is 0.234 e. The van der Waals surface area contributed by atoms with Gasteiger partial charge in [-0.15, -0.1) is 0 Å². The molecule has 0 aromatic heterocycles. The molecule has 6 heteroatoms. The SMILES string of the molecule is CC(C)(C)NC(=O)CN1CCN(Cc2ccc3c(c2)OCCO3)CC1. The van der Waals surface area contributed by atoms with E-state index in [4.69, 9.17) is 9.47 Å². The molecule has 0 radical (unpaired) electrons. The Balaban J connectivity index is 1.46. The largest absolute Gasteiger partial charge is 0.486 e. The molecule has 1 aromatic rings. The molecule has 2 aliphatic heterocycles. The van der Waals surface area contributed by atoms with Crippen molar-refractivity contribution < 1.29 is 14.3 Å². The Hall–Kier alpha value is -1.79. The van der Waals surface area contributed by atoms with Crippen LogP contribution in [-0.2, 0) is 11.3 Å². The number of hydrogen-bond donors (Lipinski definition) is 1. The van der Waals surface area contributed by atoms with E-state index in [-0.39, 0.29) is 11.4 Å². The molecule has 138 valence electrons. The zero-order valence-corrected chi connectivity index (χ0v) is 15.5. The molecule has 1 N–H and O–H groups in total. The van der Waals surface area contributed by atoms with Crippen LogP contribution in [0.5, 0.6) is 11.5 Å². The van der Waals surface area contributed by atoms with Crippen molar-refractivity contribution in [3.63, 3.8) is 0 Å². The van der Waals surface area contributed by atoms with Crippen molar-refractivity contribution >= 4 is 5.91 Å². The number of nitrogens with zero attached hydrogens (tertiary/aromatic N) is 2. The van der Waals surface area contributed by atoms with Crippen LogP contribution in [0.2, 0.25) is 0 Å². The van der Waals surface area contributed by atoms with Gasteiger partial charge in [0.2, 0.25) is 5.91 Å². The molecule has 0 saturated carbocycles. The lowest BCUT2D eigenvalue weighted by Gasteiger charge is -2.35. The minimum atomic E-state index is -0.170. The number of ether oxygens (including phenoxy) is 2. The van der Waals surface area contributed by atoms with E-state index >= 15 is 0 Å². The van der Waals surface area contributed by atoms with E-state index in [1.807, 2.05) is 26.8 Å². The summed E-state index contributed by atoms with van der Waals surface area (Å²) in [5.41, 5.74) is 1.07. The van der Waals surface area contributed by atoms with Crippen molar-refractivity contribution in [3.8, 4) is 11.5 Å². The molecule has 0 aliphatic carbocycles. The van der Waals surface area contributed by atoms with Crippen molar-refractivity contribution in [3.05, 3.63) is 23.8 Å². The van der Waals surface area contributed by atoms with E-state index in [9.17, 15) is 4.79 Å². The highest BCUT2D eigenvalue weighted by atomic mass is 16.6. The summed E-state index contributed by atoms with van der Waals surface area (Å²) in [5, 5.41) is 3.03. The number of amides is 1. The first-order valence-corrected chi connectivity index (χ1v) is 9.03. The van der Waals surface area contributed by atoms with Crippen LogP contribution in [0.1, 0.15) is 26.3 Å². The third-order valence-corrected chi connectivity index (χ3v) is 4.36. The molecular weight excluding hydrogens is 318 g/mol. The third-order valence-electron chi connectivity index (χ3n) is 4.36. The topological polar surface area (TPSA) is 54.0 Å². The summed E-state index contributed by atoms with van der Waals surface area (Å²) in [5.74, 6) is 1.79. The standard InChI is InChI=1S/C19H29N3O3/c1-19(2,3)20-18(23)14-22-8-6-21(7-9-22)13-15-4-5-16-17(12-15)25-11-10-24-16/h4-5,12H,6-11,13-14H2,1-3H3,(H,20,23). The number of carbonyl (C=O) groups is 1. The van der Waals surface area contributed by atoms with Gasteiger partial charge in [-0.2, -0.15) is 0 Å². The first kappa shape index (κ1) is 18.0. The van der Waals surface area contributed by atoms with Crippen molar-refractivity contribution in [2.24, 2.45) is 0 Å². The molecule has 1 aromatic carbocycles. The van der Waals surface area contributed by atoms with Gasteiger partial charge in [0.1, 0.15) is 13.2 Å². The third kappa shape index (κ3) is 5.34. The molecule has 2 heterocycles. The second kappa shape index (κ2) is 7.62. The number of nitrogens with one attached hydrogen (secondary N) is 1. The van der Waals surface area contributed by atoms with Crippen LogP contribution in [0.15, 0.2) is 18.2 Å². The summed E-state index contributed by atoms with van der Waals surface area (Å²) < 4.78 is 11.2. The first-order valence-electron chi connectivity index (χ1n) is 9.03. The molecule has 1 saturated heterocycles. The van der Waals surface area contributed by atoms with Crippen LogP contribution in [0.4, 0.5) is 0 Å². The molecule has 1 amide bonds. The minimum absolute atomic E-state index is 0.104. The van der Waals surface area contributed by atoms with E-state index in [0.717, 1.165) is 44.2 Å². The molecule has 25 heavy (non-hydrogen) atoms. The molecular formula is C19H29N3O3. The molecule has 6 nitrogen and oxygen atoms in total. The van der Waals surface area contributed by atoms with Gasteiger partial charge < -0.3 is 14.8 Å². The number of rotatable bonds is 4. The summed E-state index contributed by atoms with van der Waals surface area (Å²) in [6.45, 7) is 12.4. The van der Waals surface area contributed by atoms with Crippen molar-refractivity contribution in [1.82, 2.24) is 15.1 Å². The monoisotopic (exact) mass is 347 g/mol. The second-order valence-corrected chi connectivity index (χ2v) is 7.83. The molecule has 2 aliphatic rings. The zero-order chi connectivity index (χ0) is 17.9. The van der Waals surface area contributed by atoms with E-state index in [0.29, 0.717) is 19.8 Å². The minimum Gasteiger partial charge on any atom is -0.486 e. The van der Waals surface area contributed by atoms with Crippen LogP contribution >= 0.6 is 0 Å². The van der Waals surface area contributed by atoms with Gasteiger partial charge in [0.15, 0.2) is 11.5 Å². The molecule has 1 fully saturated rings. The van der Waals surface area contributed by atoms with E-state index in [1.165, 1.54) is 5.56 Å². The number of fused-ring (bicyclic) bond motifs is 1. The summed E-state index contributed by atoms with van der Waals surface area (Å²) in [6.07, 6.45) is 0. The molecule has 0 bridgehead atoms. The van der Waals surface area contributed by atoms with E-state index < -0.39 is 0 Å². The van der Waals surface area contributed by atoms with E-state index in [1.54, 1.807) is 0 Å². The molecule has 0 atom stereocenters. The fourth-order valence-corrected chi connectivity index (χ4v) is 3.21. The molecule has 0 unspecified atom stereocenters. The van der Waals surface area contributed by atoms with Crippen LogP contribution in [-0.4, -0.2) is 67.2 Å². The lowest BCUT2D eigenvalue weighted by atomic mass is 10.1. The highest BCUT2D eigenvalue weighted by Gasteiger charge is 2.21. The Morgan fingerprint density at radius 3 is 2.36 bits per heavy atom. The van der Waals surface area contributed by atoms with Gasteiger partial charge >= 0.3 is 0 Å². The number of hydrogen-bond acceptors (Lipinski definition) is 5. The van der Waals surface area contributed by atoms with Gasteiger partial charge in [0.05, 0.1) is 6.54 Å². The molecule has 0 spiro atoms. The van der Waals surface area contributed by atoms with Gasteiger partial charge in [-0.05, 0) is 38.5 Å². The first-order chi connectivity index (χ1) is 11.9. The van der Waals surface area contributed by atoms with Gasteiger partial charge in [0.25, 0.3) is 0 Å². The lowest BCUT2D eigenvalue weighted by molar-refractivity contribution is -0.124. The fraction of sp³-hybridized carbons (Fsp3) is 0.632. The quantitative estimate of drug-likeness (QED) is 0.894. The second-order valence-electron chi connectivity index (χ2n) is 7.83. The van der Waals surface area contributed by atoms with Crippen molar-refractivity contribution in [2.75, 3.05) is 45.9 Å². The summed E-state index contributed by atoms with van der Waals surface area (Å²) in [7, 11) is 0. The van der Waals surface area contributed by atoms with Gasteiger partial charge in [0, 0.05) is 38.3 Å². The van der Waals surface area contributed by atoms with Gasteiger partial charge in [-0.1, -0.05) is 6.07 Å². The van der Waals surface area contributed by atoms with Crippen LogP contribution in [0.25, 0.3) is 0 Å². The van der Waals surface area contributed by atoms with E-state index in [2.05, 4.69) is 27.2 Å². The highest BCUT2D eigenvalue weighted by molar-refractivity contribution is 5.78. The summed E-state index contributed by atoms with van der Waals surface area (Å²) in [4.78, 5) is 16.7. The number of carbonyl (C=O) groups excluding carboxylic acids is 1. The average Bonchev–Trinajstić information content (AvgIpc) is 2.55. The number of benzene rings is 1. The highest BCUT2D eigenvalue weighted by Crippen LogP contribution is 2.31. The fourth-order valence-electron chi connectivity index (χ4n) is 3.21. The predicted molar refractivity (Wildman–Crippen MR) is 97.0 cm³/mol. The maximum Gasteiger partial charge on any atom is 0.234 e. The predicted octanol–water partition coefficient (Wildman–Crippen LogP) is 1.49. The molecule has 3 rings (SSSR count). The Morgan fingerprint density at radius 1 is 1.04 bits per heavy atom. The van der Waals surface area contributed by atoms with Crippen LogP contribution < -0.4 is 14.8 Å². The Bertz CT molecular complexity index is 604. The lowest BCUT2D eigenvalue weighted by Crippen LogP contribution is -2.51. The van der Waals surface area contributed by atoms with Gasteiger partial charge in [-0.25, -0.2) is 0 Å². The van der Waals surface area contributed by atoms with Crippen molar-refractivity contribution in [1.29, 1.82) is 0 Å². The zero-order valence-electron chi connectivity index (χ0n) is 15.5. The van der Waals surface area contributed by atoms with Crippen molar-refractivity contribution in [2.45, 2.75) is 32.9 Å². The number of piperazine rings is 1. The van der Waals surface area contributed by atoms with Crippen LogP contribution in [0.3, 0.4) is 0 Å². The Kier molecular flexibility index (Phi) is 5.49. The van der Waals surface area contributed by atoms with Gasteiger partial charge in [-0.3, -0.25) is 14.6 Å².